The van der Waals surface area contributed by atoms with Crippen LogP contribution < -0.4 is 0 Å². The molecule has 0 bridgehead atoms. The number of piperidine rings is 1. The second kappa shape index (κ2) is 4.44. The fourth-order valence-electron chi connectivity index (χ4n) is 1.64. The molecule has 0 aromatic heterocycles. The van der Waals surface area contributed by atoms with Crippen LogP contribution in [0.2, 0.25) is 0 Å². The van der Waals surface area contributed by atoms with Crippen molar-refractivity contribution in [3.8, 4) is 0 Å². The quantitative estimate of drug-likeness (QED) is 0.642. The monoisotopic (exact) mass is 199 g/mol. The highest BCUT2D eigenvalue weighted by Gasteiger charge is 2.32. The van der Waals surface area contributed by atoms with Gasteiger partial charge in [-0.05, 0) is 13.8 Å². The van der Waals surface area contributed by atoms with Crippen LogP contribution in [0, 0.1) is 5.92 Å². The number of nitrogens with zero attached hydrogens (tertiary/aromatic N) is 1. The van der Waals surface area contributed by atoms with Gasteiger partial charge in [0.2, 0.25) is 0 Å². The van der Waals surface area contributed by atoms with Gasteiger partial charge in [-0.1, -0.05) is 6.92 Å². The van der Waals surface area contributed by atoms with Crippen molar-refractivity contribution in [3.63, 3.8) is 0 Å². The maximum atomic E-state index is 11.5. The van der Waals surface area contributed by atoms with Crippen LogP contribution in [-0.2, 0) is 9.53 Å². The van der Waals surface area contributed by atoms with E-state index in [1.807, 2.05) is 13.8 Å². The summed E-state index contributed by atoms with van der Waals surface area (Å²) in [5.41, 5.74) is 0. The Morgan fingerprint density at radius 3 is 2.79 bits per heavy atom. The first kappa shape index (κ1) is 11.0. The highest BCUT2D eigenvalue weighted by Crippen LogP contribution is 2.19. The van der Waals surface area contributed by atoms with E-state index in [1.165, 1.54) is 0 Å². The van der Waals surface area contributed by atoms with Gasteiger partial charge in [0, 0.05) is 24.9 Å². The number of rotatable bonds is 1. The van der Waals surface area contributed by atoms with Crippen molar-refractivity contribution in [1.82, 2.24) is 4.90 Å². The van der Waals surface area contributed by atoms with Gasteiger partial charge in [0.1, 0.15) is 5.78 Å². The van der Waals surface area contributed by atoms with Crippen molar-refractivity contribution in [2.45, 2.75) is 33.2 Å². The van der Waals surface area contributed by atoms with E-state index < -0.39 is 0 Å². The van der Waals surface area contributed by atoms with E-state index in [4.69, 9.17) is 4.74 Å². The van der Waals surface area contributed by atoms with Crippen LogP contribution in [0.4, 0.5) is 4.79 Å². The van der Waals surface area contributed by atoms with Crippen LogP contribution in [-0.4, -0.2) is 36.0 Å². The molecule has 2 atom stereocenters. The van der Waals surface area contributed by atoms with E-state index in [-0.39, 0.29) is 23.8 Å². The number of carbonyl (C=O) groups excluding carboxylic acids is 2. The lowest BCUT2D eigenvalue weighted by Crippen LogP contribution is -2.48. The average Bonchev–Trinajstić information content (AvgIpc) is 2.11. The molecule has 0 aromatic carbocycles. The third-order valence-corrected chi connectivity index (χ3v) is 2.55. The largest absolute Gasteiger partial charge is 0.450 e. The summed E-state index contributed by atoms with van der Waals surface area (Å²) in [6.07, 6.45) is 0.138. The van der Waals surface area contributed by atoms with Gasteiger partial charge in [0.25, 0.3) is 0 Å². The second-order valence-corrected chi connectivity index (χ2v) is 3.77. The second-order valence-electron chi connectivity index (χ2n) is 3.77. The van der Waals surface area contributed by atoms with E-state index in [0.29, 0.717) is 19.6 Å². The summed E-state index contributed by atoms with van der Waals surface area (Å²) >= 11 is 0. The zero-order valence-electron chi connectivity index (χ0n) is 8.95. The number of amides is 1. The molecule has 14 heavy (non-hydrogen) atoms. The number of Topliss-reactive ketones (excluding diaryl/α,β-unsaturated/α-hetero) is 1. The van der Waals surface area contributed by atoms with Crippen LogP contribution >= 0.6 is 0 Å². The van der Waals surface area contributed by atoms with Crippen LogP contribution in [0.1, 0.15) is 27.2 Å². The molecule has 0 radical (unpaired) electrons. The Kier molecular flexibility index (Phi) is 3.49. The van der Waals surface area contributed by atoms with Gasteiger partial charge < -0.3 is 9.64 Å². The zero-order chi connectivity index (χ0) is 10.7. The van der Waals surface area contributed by atoms with Crippen LogP contribution in [0.15, 0.2) is 0 Å². The molecule has 4 heteroatoms. The number of carbonyl (C=O) groups is 2. The fourth-order valence-corrected chi connectivity index (χ4v) is 1.64. The van der Waals surface area contributed by atoms with Crippen LogP contribution in [0.25, 0.3) is 0 Å². The molecule has 1 aliphatic heterocycles. The first-order valence-corrected chi connectivity index (χ1v) is 5.02. The summed E-state index contributed by atoms with van der Waals surface area (Å²) in [5.74, 6) is 0.175. The molecule has 0 N–H and O–H groups in total. The minimum absolute atomic E-state index is 0.0299. The maximum absolute atomic E-state index is 11.5. The molecule has 0 spiro atoms. The maximum Gasteiger partial charge on any atom is 0.410 e. The molecule has 0 aromatic rings. The Bertz CT molecular complexity index is 240. The van der Waals surface area contributed by atoms with Crippen molar-refractivity contribution in [1.29, 1.82) is 0 Å². The lowest BCUT2D eigenvalue weighted by molar-refractivity contribution is -0.126. The molecule has 1 aliphatic rings. The Morgan fingerprint density at radius 1 is 1.57 bits per heavy atom. The number of ether oxygens (including phenoxy) is 1. The molecule has 80 valence electrons. The summed E-state index contributed by atoms with van der Waals surface area (Å²) in [5, 5.41) is 0. The van der Waals surface area contributed by atoms with E-state index in [2.05, 4.69) is 0 Å². The normalized spacial score (nSPS) is 27.6. The predicted molar refractivity (Wildman–Crippen MR) is 52.0 cm³/mol. The summed E-state index contributed by atoms with van der Waals surface area (Å²) < 4.78 is 4.91. The van der Waals surface area contributed by atoms with Gasteiger partial charge in [-0.3, -0.25) is 4.79 Å². The summed E-state index contributed by atoms with van der Waals surface area (Å²) in [7, 11) is 0. The van der Waals surface area contributed by atoms with E-state index in [1.54, 1.807) is 11.8 Å². The summed E-state index contributed by atoms with van der Waals surface area (Å²) in [6, 6.07) is -0.0299. The molecule has 1 fully saturated rings. The predicted octanol–water partition coefficient (Wildman–Crippen LogP) is 1.44. The average molecular weight is 199 g/mol. The molecule has 0 aliphatic carbocycles. The van der Waals surface area contributed by atoms with Gasteiger partial charge in [0.15, 0.2) is 0 Å². The number of hydrogen-bond donors (Lipinski definition) is 0. The highest BCUT2D eigenvalue weighted by molar-refractivity contribution is 5.84. The molecular weight excluding hydrogens is 182 g/mol. The van der Waals surface area contributed by atoms with Crippen molar-refractivity contribution in [2.24, 2.45) is 5.92 Å². The van der Waals surface area contributed by atoms with Gasteiger partial charge in [-0.2, -0.15) is 0 Å². The minimum Gasteiger partial charge on any atom is -0.450 e. The molecule has 1 heterocycles. The smallest absolute Gasteiger partial charge is 0.410 e. The van der Waals surface area contributed by atoms with Crippen LogP contribution in [0.3, 0.4) is 0 Å². The summed E-state index contributed by atoms with van der Waals surface area (Å²) in [4.78, 5) is 24.4. The van der Waals surface area contributed by atoms with Crippen molar-refractivity contribution >= 4 is 11.9 Å². The topological polar surface area (TPSA) is 46.6 Å². The van der Waals surface area contributed by atoms with Crippen molar-refractivity contribution in [2.75, 3.05) is 13.2 Å². The Morgan fingerprint density at radius 2 is 2.21 bits per heavy atom. The molecule has 1 rings (SSSR count). The lowest BCUT2D eigenvalue weighted by Gasteiger charge is -2.34. The lowest BCUT2D eigenvalue weighted by atomic mass is 9.94. The third kappa shape index (κ3) is 2.25. The Hall–Kier alpha value is -1.06. The Labute approximate surface area is 84.2 Å². The number of ketones is 1. The molecule has 1 amide bonds. The van der Waals surface area contributed by atoms with E-state index in [9.17, 15) is 9.59 Å². The number of hydrogen-bond acceptors (Lipinski definition) is 3. The highest BCUT2D eigenvalue weighted by atomic mass is 16.6. The van der Waals surface area contributed by atoms with Gasteiger partial charge in [-0.25, -0.2) is 4.79 Å². The summed E-state index contributed by atoms with van der Waals surface area (Å²) in [6.45, 7) is 6.37. The number of likely N-dealkylation sites (tertiary alicyclic amines) is 1. The molecule has 4 nitrogen and oxygen atoms in total. The van der Waals surface area contributed by atoms with Crippen LogP contribution in [0.5, 0.6) is 0 Å². The first-order valence-electron chi connectivity index (χ1n) is 5.02. The van der Waals surface area contributed by atoms with Gasteiger partial charge >= 0.3 is 6.09 Å². The molecule has 1 saturated heterocycles. The molecular formula is C10H17NO3. The first-order chi connectivity index (χ1) is 6.56. The van der Waals surface area contributed by atoms with Crippen molar-refractivity contribution in [3.05, 3.63) is 0 Å². The molecule has 2 unspecified atom stereocenters. The third-order valence-electron chi connectivity index (χ3n) is 2.55. The Balaban J connectivity index is 2.61. The van der Waals surface area contributed by atoms with Gasteiger partial charge in [-0.15, -0.1) is 0 Å². The standard InChI is InChI=1S/C10H17NO3/c1-4-14-10(13)11-6-7(2)9(12)5-8(11)3/h7-8H,4-6H2,1-3H3. The zero-order valence-corrected chi connectivity index (χ0v) is 8.95. The van der Waals surface area contributed by atoms with Crippen molar-refractivity contribution < 1.29 is 14.3 Å². The fraction of sp³-hybridized carbons (Fsp3) is 0.800. The van der Waals surface area contributed by atoms with Gasteiger partial charge in [0.05, 0.1) is 6.61 Å². The minimum atomic E-state index is -0.306. The SMILES string of the molecule is CCOC(=O)N1CC(C)C(=O)CC1C. The van der Waals surface area contributed by atoms with E-state index >= 15 is 0 Å². The van der Waals surface area contributed by atoms with E-state index in [0.717, 1.165) is 0 Å². The molecule has 0 saturated carbocycles.